The second kappa shape index (κ2) is 4.72. The third kappa shape index (κ3) is 2.54. The fourth-order valence-corrected chi connectivity index (χ4v) is 1.93. The zero-order chi connectivity index (χ0) is 10.7. The van der Waals surface area contributed by atoms with Gasteiger partial charge in [-0.2, -0.15) is 0 Å². The second-order valence-electron chi connectivity index (χ2n) is 3.25. The summed E-state index contributed by atoms with van der Waals surface area (Å²) in [6.45, 7) is 0. The van der Waals surface area contributed by atoms with Gasteiger partial charge in [0, 0.05) is 21.5 Å². The molecule has 1 atom stereocenters. The Morgan fingerprint density at radius 2 is 1.80 bits per heavy atom. The van der Waals surface area contributed by atoms with Crippen LogP contribution in [0.25, 0.3) is 0 Å². The summed E-state index contributed by atoms with van der Waals surface area (Å²) in [5.41, 5.74) is 1.72. The summed E-state index contributed by atoms with van der Waals surface area (Å²) < 4.78 is 1.03. The third-order valence-electron chi connectivity index (χ3n) is 2.16. The van der Waals surface area contributed by atoms with Gasteiger partial charge >= 0.3 is 0 Å². The topological polar surface area (TPSA) is 33.1 Å². The van der Waals surface area contributed by atoms with Crippen molar-refractivity contribution >= 4 is 22.6 Å². The van der Waals surface area contributed by atoms with E-state index in [-0.39, 0.29) is 0 Å². The first-order valence-electron chi connectivity index (χ1n) is 4.61. The van der Waals surface area contributed by atoms with Crippen LogP contribution in [0.3, 0.4) is 0 Å². The lowest BCUT2D eigenvalue weighted by atomic mass is 10.0. The minimum atomic E-state index is -0.589. The molecule has 0 saturated heterocycles. The summed E-state index contributed by atoms with van der Waals surface area (Å²) >= 11 is 2.18. The molecule has 0 fully saturated rings. The van der Waals surface area contributed by atoms with Crippen LogP contribution < -0.4 is 0 Å². The molecule has 0 spiro atoms. The number of aliphatic hydroxyl groups is 1. The number of hydrogen-bond acceptors (Lipinski definition) is 2. The molecule has 0 aliphatic heterocycles. The lowest BCUT2D eigenvalue weighted by Crippen LogP contribution is -2.00. The van der Waals surface area contributed by atoms with E-state index in [1.54, 1.807) is 12.4 Å². The molecule has 76 valence electrons. The molecule has 0 amide bonds. The average Bonchev–Trinajstić information content (AvgIpc) is 2.29. The SMILES string of the molecule is OC(c1ccccc1)c1cncc(I)c1. The van der Waals surface area contributed by atoms with Gasteiger partial charge in [-0.15, -0.1) is 0 Å². The van der Waals surface area contributed by atoms with Gasteiger partial charge in [0.1, 0.15) is 6.10 Å². The molecule has 0 aliphatic rings. The highest BCUT2D eigenvalue weighted by atomic mass is 127. The molecule has 1 heterocycles. The summed E-state index contributed by atoms with van der Waals surface area (Å²) in [7, 11) is 0. The Bertz CT molecular complexity index is 444. The van der Waals surface area contributed by atoms with Gasteiger partial charge in [-0.1, -0.05) is 30.3 Å². The summed E-state index contributed by atoms with van der Waals surface area (Å²) in [6.07, 6.45) is 2.87. The van der Waals surface area contributed by atoms with Gasteiger partial charge in [0.25, 0.3) is 0 Å². The predicted molar refractivity (Wildman–Crippen MR) is 67.5 cm³/mol. The van der Waals surface area contributed by atoms with Crippen molar-refractivity contribution in [3.63, 3.8) is 0 Å². The predicted octanol–water partition coefficient (Wildman–Crippen LogP) is 2.77. The maximum Gasteiger partial charge on any atom is 0.106 e. The minimum absolute atomic E-state index is 0.589. The van der Waals surface area contributed by atoms with Gasteiger partial charge in [-0.25, -0.2) is 0 Å². The van der Waals surface area contributed by atoms with Crippen LogP contribution in [0.5, 0.6) is 0 Å². The summed E-state index contributed by atoms with van der Waals surface area (Å²) in [4.78, 5) is 4.06. The molecule has 0 bridgehead atoms. The summed E-state index contributed by atoms with van der Waals surface area (Å²) in [5, 5.41) is 10.1. The molecule has 0 saturated carbocycles. The van der Waals surface area contributed by atoms with Crippen LogP contribution >= 0.6 is 22.6 Å². The highest BCUT2D eigenvalue weighted by Crippen LogP contribution is 2.21. The van der Waals surface area contributed by atoms with Gasteiger partial charge in [0.05, 0.1) is 0 Å². The Morgan fingerprint density at radius 1 is 1.07 bits per heavy atom. The Balaban J connectivity index is 2.32. The minimum Gasteiger partial charge on any atom is -0.384 e. The van der Waals surface area contributed by atoms with Gasteiger partial charge < -0.3 is 5.11 Å². The lowest BCUT2D eigenvalue weighted by Gasteiger charge is -2.10. The van der Waals surface area contributed by atoms with Crippen LogP contribution in [-0.4, -0.2) is 10.1 Å². The van der Waals surface area contributed by atoms with E-state index in [1.807, 2.05) is 36.4 Å². The number of benzene rings is 1. The second-order valence-corrected chi connectivity index (χ2v) is 4.50. The van der Waals surface area contributed by atoms with Crippen molar-refractivity contribution in [1.29, 1.82) is 0 Å². The average molecular weight is 311 g/mol. The van der Waals surface area contributed by atoms with Gasteiger partial charge in [-0.3, -0.25) is 4.98 Å². The van der Waals surface area contributed by atoms with Crippen molar-refractivity contribution in [3.05, 3.63) is 63.5 Å². The molecule has 0 radical (unpaired) electrons. The third-order valence-corrected chi connectivity index (χ3v) is 2.75. The summed E-state index contributed by atoms with van der Waals surface area (Å²) in [5.74, 6) is 0. The lowest BCUT2D eigenvalue weighted by molar-refractivity contribution is 0.220. The van der Waals surface area contributed by atoms with Crippen molar-refractivity contribution in [2.24, 2.45) is 0 Å². The zero-order valence-electron chi connectivity index (χ0n) is 7.97. The Labute approximate surface area is 102 Å². The largest absolute Gasteiger partial charge is 0.384 e. The van der Waals surface area contributed by atoms with E-state index in [2.05, 4.69) is 27.6 Å². The number of pyridine rings is 1. The van der Waals surface area contributed by atoms with E-state index in [0.717, 1.165) is 14.7 Å². The van der Waals surface area contributed by atoms with Gasteiger partial charge in [0.2, 0.25) is 0 Å². The van der Waals surface area contributed by atoms with Crippen molar-refractivity contribution in [3.8, 4) is 0 Å². The normalized spacial score (nSPS) is 12.4. The smallest absolute Gasteiger partial charge is 0.106 e. The Morgan fingerprint density at radius 3 is 2.47 bits per heavy atom. The van der Waals surface area contributed by atoms with E-state index in [0.29, 0.717) is 0 Å². The molecule has 2 nitrogen and oxygen atoms in total. The quantitative estimate of drug-likeness (QED) is 0.865. The summed E-state index contributed by atoms with van der Waals surface area (Å²) in [6, 6.07) is 11.5. The van der Waals surface area contributed by atoms with Crippen LogP contribution in [0.1, 0.15) is 17.2 Å². The first kappa shape index (κ1) is 10.6. The molecule has 1 N–H and O–H groups in total. The molecule has 15 heavy (non-hydrogen) atoms. The Hall–Kier alpha value is -0.940. The highest BCUT2D eigenvalue weighted by molar-refractivity contribution is 14.1. The molecule has 1 aromatic heterocycles. The van der Waals surface area contributed by atoms with Crippen molar-refractivity contribution in [2.45, 2.75) is 6.10 Å². The maximum atomic E-state index is 10.1. The number of hydrogen-bond donors (Lipinski definition) is 1. The molecule has 1 aromatic carbocycles. The zero-order valence-corrected chi connectivity index (χ0v) is 10.1. The molecule has 1 unspecified atom stereocenters. The first-order chi connectivity index (χ1) is 7.27. The standard InChI is InChI=1S/C12H10INO/c13-11-6-10(7-14-8-11)12(15)9-4-2-1-3-5-9/h1-8,12,15H. The van der Waals surface area contributed by atoms with E-state index in [4.69, 9.17) is 0 Å². The number of aromatic nitrogens is 1. The number of rotatable bonds is 2. The van der Waals surface area contributed by atoms with E-state index in [1.165, 1.54) is 0 Å². The molecule has 0 aliphatic carbocycles. The van der Waals surface area contributed by atoms with Crippen LogP contribution in [-0.2, 0) is 0 Å². The first-order valence-corrected chi connectivity index (χ1v) is 5.69. The van der Waals surface area contributed by atoms with Gasteiger partial charge in [0.15, 0.2) is 0 Å². The number of halogens is 1. The van der Waals surface area contributed by atoms with Crippen molar-refractivity contribution in [2.75, 3.05) is 0 Å². The maximum absolute atomic E-state index is 10.1. The molecule has 2 aromatic rings. The van der Waals surface area contributed by atoms with E-state index < -0.39 is 6.10 Å². The van der Waals surface area contributed by atoms with Crippen LogP contribution in [0.15, 0.2) is 48.8 Å². The Kier molecular flexibility index (Phi) is 3.33. The van der Waals surface area contributed by atoms with Crippen LogP contribution in [0, 0.1) is 3.57 Å². The molecule has 3 heteroatoms. The van der Waals surface area contributed by atoms with Crippen molar-refractivity contribution in [1.82, 2.24) is 4.98 Å². The van der Waals surface area contributed by atoms with Gasteiger partial charge in [-0.05, 0) is 34.2 Å². The monoisotopic (exact) mass is 311 g/mol. The van der Waals surface area contributed by atoms with Crippen LogP contribution in [0.2, 0.25) is 0 Å². The number of nitrogens with zero attached hydrogens (tertiary/aromatic N) is 1. The molecule has 2 rings (SSSR count). The van der Waals surface area contributed by atoms with Crippen molar-refractivity contribution < 1.29 is 5.11 Å². The molecular weight excluding hydrogens is 301 g/mol. The molecular formula is C12H10INO. The van der Waals surface area contributed by atoms with E-state index in [9.17, 15) is 5.11 Å². The fourth-order valence-electron chi connectivity index (χ4n) is 1.41. The van der Waals surface area contributed by atoms with E-state index >= 15 is 0 Å². The fraction of sp³-hybridized carbons (Fsp3) is 0.0833. The van der Waals surface area contributed by atoms with Crippen LogP contribution in [0.4, 0.5) is 0 Å². The number of aliphatic hydroxyl groups excluding tert-OH is 1. The highest BCUT2D eigenvalue weighted by Gasteiger charge is 2.09.